The Morgan fingerprint density at radius 1 is 1.38 bits per heavy atom. The Balaban J connectivity index is 3.11. The standard InChI is InChI=1S/C11H18NO3P/c1-3-11(4-2,9-16(13,14)15)10-6-5-7-12-8-10/h5-8H,3-4,9H2,1-2H3,(H2,13,14,15). The molecule has 0 fully saturated rings. The lowest BCUT2D eigenvalue weighted by atomic mass is 9.78. The molecule has 0 saturated carbocycles. The number of pyridine rings is 1. The van der Waals surface area contributed by atoms with Crippen molar-refractivity contribution in [3.63, 3.8) is 0 Å². The van der Waals surface area contributed by atoms with Crippen LogP contribution < -0.4 is 0 Å². The highest BCUT2D eigenvalue weighted by atomic mass is 31.2. The fourth-order valence-corrected chi connectivity index (χ4v) is 3.46. The zero-order valence-electron chi connectivity index (χ0n) is 9.63. The summed E-state index contributed by atoms with van der Waals surface area (Å²) in [6, 6.07) is 3.69. The highest BCUT2D eigenvalue weighted by Gasteiger charge is 2.35. The number of aromatic nitrogens is 1. The Morgan fingerprint density at radius 2 is 2.00 bits per heavy atom. The van der Waals surface area contributed by atoms with Gasteiger partial charge in [0.25, 0.3) is 0 Å². The molecule has 16 heavy (non-hydrogen) atoms. The van der Waals surface area contributed by atoms with E-state index in [9.17, 15) is 4.57 Å². The molecule has 0 unspecified atom stereocenters. The Bertz CT molecular complexity index is 370. The second-order valence-corrected chi connectivity index (χ2v) is 5.70. The van der Waals surface area contributed by atoms with Gasteiger partial charge >= 0.3 is 7.60 Å². The van der Waals surface area contributed by atoms with Gasteiger partial charge in [0.15, 0.2) is 0 Å². The van der Waals surface area contributed by atoms with Crippen molar-refractivity contribution in [2.75, 3.05) is 6.16 Å². The van der Waals surface area contributed by atoms with Gasteiger partial charge in [0.1, 0.15) is 0 Å². The number of hydrogen-bond acceptors (Lipinski definition) is 2. The van der Waals surface area contributed by atoms with E-state index < -0.39 is 13.0 Å². The van der Waals surface area contributed by atoms with Crippen LogP contribution in [-0.4, -0.2) is 20.9 Å². The maximum atomic E-state index is 11.2. The van der Waals surface area contributed by atoms with Gasteiger partial charge in [-0.15, -0.1) is 0 Å². The summed E-state index contributed by atoms with van der Waals surface area (Å²) in [4.78, 5) is 22.4. The lowest BCUT2D eigenvalue weighted by Crippen LogP contribution is -2.29. The van der Waals surface area contributed by atoms with Crippen molar-refractivity contribution < 1.29 is 14.4 Å². The molecule has 0 spiro atoms. The zero-order chi connectivity index (χ0) is 12.2. The van der Waals surface area contributed by atoms with E-state index in [0.717, 1.165) is 5.56 Å². The van der Waals surface area contributed by atoms with E-state index in [2.05, 4.69) is 4.98 Å². The fourth-order valence-electron chi connectivity index (χ4n) is 2.04. The minimum Gasteiger partial charge on any atom is -0.324 e. The molecule has 1 aromatic heterocycles. The van der Waals surface area contributed by atoms with Crippen LogP contribution >= 0.6 is 7.60 Å². The Kier molecular flexibility index (Phi) is 4.25. The first-order valence-electron chi connectivity index (χ1n) is 5.38. The highest BCUT2D eigenvalue weighted by molar-refractivity contribution is 7.51. The quantitative estimate of drug-likeness (QED) is 0.778. The molecule has 0 bridgehead atoms. The number of nitrogens with zero attached hydrogens (tertiary/aromatic N) is 1. The summed E-state index contributed by atoms with van der Waals surface area (Å²) < 4.78 is 11.2. The summed E-state index contributed by atoms with van der Waals surface area (Å²) in [6.45, 7) is 3.90. The van der Waals surface area contributed by atoms with E-state index in [1.807, 2.05) is 19.9 Å². The second kappa shape index (κ2) is 5.09. The summed E-state index contributed by atoms with van der Waals surface area (Å²) in [7, 11) is -4.01. The lowest BCUT2D eigenvalue weighted by Gasteiger charge is -2.32. The van der Waals surface area contributed by atoms with Crippen LogP contribution in [0.3, 0.4) is 0 Å². The van der Waals surface area contributed by atoms with Crippen LogP contribution in [0.15, 0.2) is 24.5 Å². The van der Waals surface area contributed by atoms with Crippen LogP contribution in [0, 0.1) is 0 Å². The van der Waals surface area contributed by atoms with E-state index in [0.29, 0.717) is 12.8 Å². The van der Waals surface area contributed by atoms with E-state index in [1.165, 1.54) is 0 Å². The van der Waals surface area contributed by atoms with Gasteiger partial charge in [-0.25, -0.2) is 0 Å². The molecular formula is C11H18NO3P. The first kappa shape index (κ1) is 13.4. The maximum absolute atomic E-state index is 11.2. The van der Waals surface area contributed by atoms with Gasteiger partial charge in [-0.1, -0.05) is 19.9 Å². The summed E-state index contributed by atoms with van der Waals surface area (Å²) >= 11 is 0. The Hall–Kier alpha value is -0.700. The minimum absolute atomic E-state index is 0.112. The SMILES string of the molecule is CCC(CC)(CP(=O)(O)O)c1cccnc1. The summed E-state index contributed by atoms with van der Waals surface area (Å²) in [6.07, 6.45) is 4.64. The molecule has 1 heterocycles. The maximum Gasteiger partial charge on any atom is 0.326 e. The van der Waals surface area contributed by atoms with Crippen molar-refractivity contribution in [3.05, 3.63) is 30.1 Å². The van der Waals surface area contributed by atoms with Crippen LogP contribution in [0.4, 0.5) is 0 Å². The molecule has 0 aromatic carbocycles. The molecule has 0 aliphatic heterocycles. The number of hydrogen-bond donors (Lipinski definition) is 2. The van der Waals surface area contributed by atoms with Crippen LogP contribution in [0.25, 0.3) is 0 Å². The molecule has 0 radical (unpaired) electrons. The third-order valence-electron chi connectivity index (χ3n) is 3.14. The van der Waals surface area contributed by atoms with Gasteiger partial charge < -0.3 is 9.79 Å². The smallest absolute Gasteiger partial charge is 0.324 e. The van der Waals surface area contributed by atoms with E-state index in [-0.39, 0.29) is 6.16 Å². The third-order valence-corrected chi connectivity index (χ3v) is 4.15. The van der Waals surface area contributed by atoms with Crippen LogP contribution in [0.2, 0.25) is 0 Å². The molecule has 1 aromatic rings. The van der Waals surface area contributed by atoms with Crippen LogP contribution in [0.1, 0.15) is 32.3 Å². The summed E-state index contributed by atoms with van der Waals surface area (Å²) in [5.74, 6) is 0. The molecule has 90 valence electrons. The number of rotatable bonds is 5. The van der Waals surface area contributed by atoms with E-state index >= 15 is 0 Å². The highest BCUT2D eigenvalue weighted by Crippen LogP contribution is 2.46. The van der Waals surface area contributed by atoms with Crippen molar-refractivity contribution in [2.24, 2.45) is 0 Å². The van der Waals surface area contributed by atoms with Gasteiger partial charge in [-0.2, -0.15) is 0 Å². The monoisotopic (exact) mass is 243 g/mol. The fraction of sp³-hybridized carbons (Fsp3) is 0.545. The molecule has 1 rings (SSSR count). The predicted molar refractivity (Wildman–Crippen MR) is 63.4 cm³/mol. The molecule has 4 nitrogen and oxygen atoms in total. The largest absolute Gasteiger partial charge is 0.326 e. The van der Waals surface area contributed by atoms with Crippen molar-refractivity contribution in [1.82, 2.24) is 4.98 Å². The van der Waals surface area contributed by atoms with Gasteiger partial charge in [0.2, 0.25) is 0 Å². The normalized spacial score (nSPS) is 12.8. The molecular weight excluding hydrogens is 225 g/mol. The van der Waals surface area contributed by atoms with Crippen molar-refractivity contribution >= 4 is 7.60 Å². The lowest BCUT2D eigenvalue weighted by molar-refractivity contribution is 0.340. The molecule has 5 heteroatoms. The Morgan fingerprint density at radius 3 is 2.38 bits per heavy atom. The van der Waals surface area contributed by atoms with Gasteiger partial charge in [0.05, 0.1) is 6.16 Å². The summed E-state index contributed by atoms with van der Waals surface area (Å²) in [5.41, 5.74) is 0.441. The van der Waals surface area contributed by atoms with Gasteiger partial charge in [0, 0.05) is 17.8 Å². The predicted octanol–water partition coefficient (Wildman–Crippen LogP) is 2.32. The second-order valence-electron chi connectivity index (χ2n) is 4.05. The first-order chi connectivity index (χ1) is 7.43. The molecule has 2 N–H and O–H groups in total. The minimum atomic E-state index is -4.01. The van der Waals surface area contributed by atoms with E-state index in [1.54, 1.807) is 18.5 Å². The third kappa shape index (κ3) is 3.14. The van der Waals surface area contributed by atoms with Gasteiger partial charge in [-0.05, 0) is 24.5 Å². The van der Waals surface area contributed by atoms with Crippen molar-refractivity contribution in [2.45, 2.75) is 32.1 Å². The molecule has 0 aliphatic rings. The summed E-state index contributed by atoms with van der Waals surface area (Å²) in [5, 5.41) is 0. The average molecular weight is 243 g/mol. The molecule has 0 atom stereocenters. The van der Waals surface area contributed by atoms with E-state index in [4.69, 9.17) is 9.79 Å². The molecule has 0 amide bonds. The van der Waals surface area contributed by atoms with Crippen molar-refractivity contribution in [3.8, 4) is 0 Å². The molecule has 0 saturated heterocycles. The first-order valence-corrected chi connectivity index (χ1v) is 7.18. The van der Waals surface area contributed by atoms with Crippen LogP contribution in [-0.2, 0) is 9.98 Å². The Labute approximate surface area is 95.9 Å². The van der Waals surface area contributed by atoms with Crippen molar-refractivity contribution in [1.29, 1.82) is 0 Å². The van der Waals surface area contributed by atoms with Gasteiger partial charge in [-0.3, -0.25) is 9.55 Å². The molecule has 0 aliphatic carbocycles. The topological polar surface area (TPSA) is 70.4 Å². The zero-order valence-corrected chi connectivity index (χ0v) is 10.5. The average Bonchev–Trinajstić information content (AvgIpc) is 2.26. The van der Waals surface area contributed by atoms with Crippen LogP contribution in [0.5, 0.6) is 0 Å².